The lowest BCUT2D eigenvalue weighted by Gasteiger charge is -2.24. The standard InChI is InChI=1S/C14H17BrO4/c1-3-9-10(6-8(2)14(16)17)11(15)7-12-13(9)19-5-4-18-12/h7-8H,3-6H2,1-2H3,(H,16,17). The van der Waals surface area contributed by atoms with Crippen molar-refractivity contribution in [3.05, 3.63) is 21.7 Å². The number of rotatable bonds is 4. The van der Waals surface area contributed by atoms with Gasteiger partial charge in [-0.3, -0.25) is 4.79 Å². The van der Waals surface area contributed by atoms with E-state index in [1.807, 2.05) is 13.0 Å². The zero-order valence-corrected chi connectivity index (χ0v) is 12.6. The van der Waals surface area contributed by atoms with E-state index in [9.17, 15) is 4.79 Å². The summed E-state index contributed by atoms with van der Waals surface area (Å²) in [6.45, 7) is 4.84. The van der Waals surface area contributed by atoms with Crippen molar-refractivity contribution < 1.29 is 19.4 Å². The molecule has 1 N–H and O–H groups in total. The third-order valence-electron chi connectivity index (χ3n) is 3.28. The van der Waals surface area contributed by atoms with Crippen molar-refractivity contribution in [2.45, 2.75) is 26.7 Å². The average Bonchev–Trinajstić information content (AvgIpc) is 2.39. The highest BCUT2D eigenvalue weighted by Crippen LogP contribution is 2.41. The lowest BCUT2D eigenvalue weighted by molar-refractivity contribution is -0.141. The highest BCUT2D eigenvalue weighted by molar-refractivity contribution is 9.10. The minimum absolute atomic E-state index is 0.427. The first kappa shape index (κ1) is 14.2. The van der Waals surface area contributed by atoms with Crippen LogP contribution in [-0.4, -0.2) is 24.3 Å². The molecule has 1 unspecified atom stereocenters. The molecule has 0 amide bonds. The van der Waals surface area contributed by atoms with E-state index < -0.39 is 11.9 Å². The summed E-state index contributed by atoms with van der Waals surface area (Å²) in [5, 5.41) is 9.06. The monoisotopic (exact) mass is 328 g/mol. The first-order valence-electron chi connectivity index (χ1n) is 6.37. The van der Waals surface area contributed by atoms with E-state index in [0.29, 0.717) is 19.6 Å². The van der Waals surface area contributed by atoms with Crippen LogP contribution in [0.1, 0.15) is 25.0 Å². The molecule has 2 rings (SSSR count). The van der Waals surface area contributed by atoms with Gasteiger partial charge >= 0.3 is 5.97 Å². The van der Waals surface area contributed by atoms with Gasteiger partial charge in [-0.25, -0.2) is 0 Å². The Hall–Kier alpha value is -1.23. The van der Waals surface area contributed by atoms with E-state index in [1.54, 1.807) is 6.92 Å². The molecule has 0 aliphatic carbocycles. The van der Waals surface area contributed by atoms with E-state index >= 15 is 0 Å². The molecular weight excluding hydrogens is 312 g/mol. The van der Waals surface area contributed by atoms with Gasteiger partial charge < -0.3 is 14.6 Å². The van der Waals surface area contributed by atoms with E-state index in [-0.39, 0.29) is 0 Å². The summed E-state index contributed by atoms with van der Waals surface area (Å²) in [7, 11) is 0. The molecule has 1 atom stereocenters. The zero-order valence-electron chi connectivity index (χ0n) is 11.0. The highest BCUT2D eigenvalue weighted by Gasteiger charge is 2.23. The van der Waals surface area contributed by atoms with Crippen LogP contribution >= 0.6 is 15.9 Å². The summed E-state index contributed by atoms with van der Waals surface area (Å²) in [6, 6.07) is 1.87. The summed E-state index contributed by atoms with van der Waals surface area (Å²) in [4.78, 5) is 11.0. The van der Waals surface area contributed by atoms with Crippen LogP contribution in [0.15, 0.2) is 10.5 Å². The Bertz CT molecular complexity index is 499. The summed E-state index contributed by atoms with van der Waals surface area (Å²) >= 11 is 3.52. The van der Waals surface area contributed by atoms with Crippen molar-refractivity contribution in [1.82, 2.24) is 0 Å². The predicted molar refractivity (Wildman–Crippen MR) is 75.0 cm³/mol. The van der Waals surface area contributed by atoms with Crippen molar-refractivity contribution in [2.75, 3.05) is 13.2 Å². The molecule has 1 aliphatic rings. The van der Waals surface area contributed by atoms with Gasteiger partial charge in [0.15, 0.2) is 11.5 Å². The Kier molecular flexibility index (Phi) is 4.34. The summed E-state index contributed by atoms with van der Waals surface area (Å²) < 4.78 is 12.2. The van der Waals surface area contributed by atoms with Gasteiger partial charge in [0, 0.05) is 10.0 Å². The minimum atomic E-state index is -0.788. The van der Waals surface area contributed by atoms with Crippen LogP contribution in [0, 0.1) is 5.92 Å². The normalized spacial score (nSPS) is 15.1. The smallest absolute Gasteiger partial charge is 0.306 e. The van der Waals surface area contributed by atoms with Crippen molar-refractivity contribution >= 4 is 21.9 Å². The van der Waals surface area contributed by atoms with Crippen LogP contribution in [0.25, 0.3) is 0 Å². The van der Waals surface area contributed by atoms with Crippen molar-refractivity contribution in [2.24, 2.45) is 5.92 Å². The lowest BCUT2D eigenvalue weighted by Crippen LogP contribution is -2.19. The largest absolute Gasteiger partial charge is 0.486 e. The maximum Gasteiger partial charge on any atom is 0.306 e. The Morgan fingerprint density at radius 2 is 2.11 bits per heavy atom. The first-order chi connectivity index (χ1) is 9.04. The number of halogens is 1. The molecule has 0 saturated heterocycles. The van der Waals surface area contributed by atoms with Crippen LogP contribution in [0.5, 0.6) is 11.5 Å². The van der Waals surface area contributed by atoms with Crippen LogP contribution in [0.3, 0.4) is 0 Å². The maximum atomic E-state index is 11.0. The van der Waals surface area contributed by atoms with E-state index in [1.165, 1.54) is 0 Å². The van der Waals surface area contributed by atoms with Crippen molar-refractivity contribution in [1.29, 1.82) is 0 Å². The van der Waals surface area contributed by atoms with Gasteiger partial charge in [-0.1, -0.05) is 29.8 Å². The Morgan fingerprint density at radius 1 is 1.42 bits per heavy atom. The fourth-order valence-electron chi connectivity index (χ4n) is 2.25. The molecule has 1 aliphatic heterocycles. The Morgan fingerprint density at radius 3 is 2.74 bits per heavy atom. The average molecular weight is 329 g/mol. The maximum absolute atomic E-state index is 11.0. The number of ether oxygens (including phenoxy) is 2. The third kappa shape index (κ3) is 2.86. The van der Waals surface area contributed by atoms with Crippen LogP contribution < -0.4 is 9.47 Å². The molecule has 4 nitrogen and oxygen atoms in total. The SMILES string of the molecule is CCc1c(CC(C)C(=O)O)c(Br)cc2c1OCCO2. The third-order valence-corrected chi connectivity index (χ3v) is 3.99. The van der Waals surface area contributed by atoms with Gasteiger partial charge in [0.05, 0.1) is 5.92 Å². The molecule has 1 aromatic carbocycles. The lowest BCUT2D eigenvalue weighted by atomic mass is 9.94. The van der Waals surface area contributed by atoms with Crippen LogP contribution in [0.2, 0.25) is 0 Å². The van der Waals surface area contributed by atoms with Crippen LogP contribution in [-0.2, 0) is 17.6 Å². The summed E-state index contributed by atoms with van der Waals surface area (Å²) in [5.41, 5.74) is 2.04. The topological polar surface area (TPSA) is 55.8 Å². The molecule has 0 fully saturated rings. The molecular formula is C14H17BrO4. The molecule has 0 spiro atoms. The number of aliphatic carboxylic acids is 1. The highest BCUT2D eigenvalue weighted by atomic mass is 79.9. The van der Waals surface area contributed by atoms with Crippen molar-refractivity contribution in [3.63, 3.8) is 0 Å². The molecule has 1 heterocycles. The molecule has 0 aromatic heterocycles. The molecule has 1 aromatic rings. The van der Waals surface area contributed by atoms with E-state index in [4.69, 9.17) is 14.6 Å². The first-order valence-corrected chi connectivity index (χ1v) is 7.16. The van der Waals surface area contributed by atoms with Gasteiger partial charge in [0.2, 0.25) is 0 Å². The number of fused-ring (bicyclic) bond motifs is 1. The Labute approximate surface area is 120 Å². The van der Waals surface area contributed by atoms with E-state index in [2.05, 4.69) is 15.9 Å². The number of hydrogen-bond acceptors (Lipinski definition) is 3. The Balaban J connectivity index is 2.44. The van der Waals surface area contributed by atoms with Gasteiger partial charge in [0.25, 0.3) is 0 Å². The predicted octanol–water partition coefficient (Wildman–Crippen LogP) is 3.05. The number of carbonyl (C=O) groups is 1. The van der Waals surface area contributed by atoms with Crippen LogP contribution in [0.4, 0.5) is 0 Å². The molecule has 104 valence electrons. The number of benzene rings is 1. The van der Waals surface area contributed by atoms with Gasteiger partial charge in [-0.2, -0.15) is 0 Å². The second-order valence-electron chi connectivity index (χ2n) is 4.64. The quantitative estimate of drug-likeness (QED) is 0.922. The summed E-state index contributed by atoms with van der Waals surface area (Å²) in [6.07, 6.45) is 1.27. The summed E-state index contributed by atoms with van der Waals surface area (Å²) in [5.74, 6) is 0.291. The molecule has 0 radical (unpaired) electrons. The minimum Gasteiger partial charge on any atom is -0.486 e. The van der Waals surface area contributed by atoms with E-state index in [0.717, 1.165) is 33.5 Å². The molecule has 0 saturated carbocycles. The zero-order chi connectivity index (χ0) is 14.0. The fraction of sp³-hybridized carbons (Fsp3) is 0.500. The van der Waals surface area contributed by atoms with Crippen molar-refractivity contribution in [3.8, 4) is 11.5 Å². The number of hydrogen-bond donors (Lipinski definition) is 1. The number of carboxylic acids is 1. The number of carboxylic acid groups (broad SMARTS) is 1. The van der Waals surface area contributed by atoms with Gasteiger partial charge in [-0.05, 0) is 24.5 Å². The van der Waals surface area contributed by atoms with Gasteiger partial charge in [-0.15, -0.1) is 0 Å². The van der Waals surface area contributed by atoms with Gasteiger partial charge in [0.1, 0.15) is 13.2 Å². The second kappa shape index (κ2) is 5.82. The molecule has 5 heteroatoms. The molecule has 19 heavy (non-hydrogen) atoms. The second-order valence-corrected chi connectivity index (χ2v) is 5.49. The fourth-order valence-corrected chi connectivity index (χ4v) is 2.86. The molecule has 0 bridgehead atoms.